The van der Waals surface area contributed by atoms with Crippen molar-refractivity contribution in [2.75, 3.05) is 33.4 Å². The third kappa shape index (κ3) is 4.72. The van der Waals surface area contributed by atoms with Gasteiger partial charge in [0.25, 0.3) is 0 Å². The highest BCUT2D eigenvalue weighted by Crippen LogP contribution is 2.22. The van der Waals surface area contributed by atoms with Gasteiger partial charge in [-0.3, -0.25) is 9.69 Å². The maximum absolute atomic E-state index is 12.4. The first-order valence-electron chi connectivity index (χ1n) is 8.77. The van der Waals surface area contributed by atoms with Gasteiger partial charge in [-0.05, 0) is 39.3 Å². The van der Waals surface area contributed by atoms with E-state index < -0.39 is 5.97 Å². The van der Waals surface area contributed by atoms with Crippen LogP contribution in [-0.2, 0) is 19.1 Å². The number of urea groups is 1. The third-order valence-electron chi connectivity index (χ3n) is 4.65. The average molecular weight is 353 g/mol. The van der Waals surface area contributed by atoms with Crippen LogP contribution in [-0.4, -0.2) is 62.3 Å². The fourth-order valence-corrected chi connectivity index (χ4v) is 3.30. The van der Waals surface area contributed by atoms with E-state index in [4.69, 9.17) is 9.47 Å². The molecule has 25 heavy (non-hydrogen) atoms. The van der Waals surface area contributed by atoms with Gasteiger partial charge in [0.05, 0.1) is 31.2 Å². The Morgan fingerprint density at radius 2 is 1.92 bits per heavy atom. The molecule has 0 aromatic heterocycles. The molecule has 2 aliphatic rings. The lowest BCUT2D eigenvalue weighted by Crippen LogP contribution is -2.52. The monoisotopic (exact) mass is 353 g/mol. The van der Waals surface area contributed by atoms with E-state index in [0.29, 0.717) is 50.2 Å². The van der Waals surface area contributed by atoms with Gasteiger partial charge in [-0.15, -0.1) is 0 Å². The molecular formula is C17H27N3O5. The lowest BCUT2D eigenvalue weighted by molar-refractivity contribution is -0.147. The van der Waals surface area contributed by atoms with E-state index in [2.05, 4.69) is 15.5 Å². The van der Waals surface area contributed by atoms with Crippen LogP contribution in [0.5, 0.6) is 0 Å². The van der Waals surface area contributed by atoms with Crippen LogP contribution >= 0.6 is 0 Å². The minimum Gasteiger partial charge on any atom is -0.469 e. The first-order chi connectivity index (χ1) is 12.0. The summed E-state index contributed by atoms with van der Waals surface area (Å²) in [4.78, 5) is 38.0. The normalized spacial score (nSPS) is 22.2. The zero-order valence-corrected chi connectivity index (χ0v) is 15.1. The molecule has 2 aliphatic heterocycles. The van der Waals surface area contributed by atoms with E-state index in [1.807, 2.05) is 6.92 Å². The number of hydrogen-bond donors (Lipinski definition) is 2. The van der Waals surface area contributed by atoms with Crippen molar-refractivity contribution in [2.45, 2.75) is 39.2 Å². The molecule has 0 aromatic carbocycles. The topological polar surface area (TPSA) is 97.0 Å². The Labute approximate surface area is 147 Å². The Bertz CT molecular complexity index is 552. The number of amides is 2. The zero-order chi connectivity index (χ0) is 18.4. The van der Waals surface area contributed by atoms with Crippen LogP contribution in [0.4, 0.5) is 4.79 Å². The first kappa shape index (κ1) is 19.2. The molecule has 2 rings (SSSR count). The molecule has 0 aromatic rings. The predicted molar refractivity (Wildman–Crippen MR) is 90.6 cm³/mol. The SMILES string of the molecule is CCOC(=O)C1=C(CN2CCC(C(=O)OC)CC2)NC(=O)N[C@@H]1CC. The number of methoxy groups -OCH3 is 1. The second kappa shape index (κ2) is 8.84. The number of carbonyl (C=O) groups excluding carboxylic acids is 3. The summed E-state index contributed by atoms with van der Waals surface area (Å²) >= 11 is 0. The summed E-state index contributed by atoms with van der Waals surface area (Å²) in [5, 5.41) is 5.52. The summed E-state index contributed by atoms with van der Waals surface area (Å²) in [5.41, 5.74) is 1.07. The molecule has 8 heteroatoms. The Balaban J connectivity index is 2.11. The number of ether oxygens (including phenoxy) is 2. The van der Waals surface area contributed by atoms with E-state index in [9.17, 15) is 14.4 Å². The van der Waals surface area contributed by atoms with Crippen molar-refractivity contribution in [3.8, 4) is 0 Å². The molecule has 0 unspecified atom stereocenters. The molecule has 0 bridgehead atoms. The zero-order valence-electron chi connectivity index (χ0n) is 15.1. The van der Waals surface area contributed by atoms with Crippen molar-refractivity contribution in [3.63, 3.8) is 0 Å². The summed E-state index contributed by atoms with van der Waals surface area (Å²) in [7, 11) is 1.40. The van der Waals surface area contributed by atoms with E-state index in [-0.39, 0.29) is 30.6 Å². The molecule has 0 aliphatic carbocycles. The van der Waals surface area contributed by atoms with Crippen LogP contribution in [0.2, 0.25) is 0 Å². The summed E-state index contributed by atoms with van der Waals surface area (Å²) in [6.45, 7) is 5.82. The number of esters is 2. The fraction of sp³-hybridized carbons (Fsp3) is 0.706. The van der Waals surface area contributed by atoms with Crippen molar-refractivity contribution < 1.29 is 23.9 Å². The van der Waals surface area contributed by atoms with Gasteiger partial charge in [-0.25, -0.2) is 9.59 Å². The Hall–Kier alpha value is -2.09. The predicted octanol–water partition coefficient (Wildman–Crippen LogP) is 0.780. The summed E-state index contributed by atoms with van der Waals surface area (Å²) in [5.74, 6) is -0.653. The molecule has 8 nitrogen and oxygen atoms in total. The van der Waals surface area contributed by atoms with Crippen LogP contribution < -0.4 is 10.6 Å². The molecule has 2 amide bonds. The number of carbonyl (C=O) groups is 3. The Kier molecular flexibility index (Phi) is 6.81. The maximum atomic E-state index is 12.4. The lowest BCUT2D eigenvalue weighted by Gasteiger charge is -2.34. The van der Waals surface area contributed by atoms with Crippen molar-refractivity contribution in [1.29, 1.82) is 0 Å². The van der Waals surface area contributed by atoms with E-state index in [1.54, 1.807) is 6.92 Å². The standard InChI is InChI=1S/C17H27N3O5/c1-4-12-14(16(22)25-5-2)13(19-17(23)18-12)10-20-8-6-11(7-9-20)15(21)24-3/h11-12H,4-10H2,1-3H3,(H2,18,19,23)/t12-/m1/s1. The highest BCUT2D eigenvalue weighted by molar-refractivity contribution is 5.94. The number of likely N-dealkylation sites (tertiary alicyclic amines) is 1. The number of nitrogens with zero attached hydrogens (tertiary/aromatic N) is 1. The van der Waals surface area contributed by atoms with Crippen LogP contribution in [0.25, 0.3) is 0 Å². The number of rotatable bonds is 6. The third-order valence-corrected chi connectivity index (χ3v) is 4.65. The van der Waals surface area contributed by atoms with Crippen LogP contribution in [0.15, 0.2) is 11.3 Å². The van der Waals surface area contributed by atoms with Gasteiger partial charge < -0.3 is 20.1 Å². The second-order valence-electron chi connectivity index (χ2n) is 6.25. The Morgan fingerprint density at radius 1 is 1.24 bits per heavy atom. The van der Waals surface area contributed by atoms with Gasteiger partial charge in [0.15, 0.2) is 0 Å². The lowest BCUT2D eigenvalue weighted by atomic mass is 9.95. The van der Waals surface area contributed by atoms with E-state index in [0.717, 1.165) is 0 Å². The van der Waals surface area contributed by atoms with Crippen LogP contribution in [0.1, 0.15) is 33.1 Å². The van der Waals surface area contributed by atoms with Gasteiger partial charge in [0.2, 0.25) is 0 Å². The molecule has 2 heterocycles. The summed E-state index contributed by atoms with van der Waals surface area (Å²) in [6, 6.07) is -0.658. The van der Waals surface area contributed by atoms with Crippen LogP contribution in [0.3, 0.4) is 0 Å². The minimum absolute atomic E-state index is 0.0780. The summed E-state index contributed by atoms with van der Waals surface area (Å²) in [6.07, 6.45) is 2.02. The van der Waals surface area contributed by atoms with Gasteiger partial charge in [0.1, 0.15) is 0 Å². The molecule has 2 N–H and O–H groups in total. The van der Waals surface area contributed by atoms with Crippen molar-refractivity contribution in [2.24, 2.45) is 5.92 Å². The molecule has 0 saturated carbocycles. The van der Waals surface area contributed by atoms with Crippen LogP contribution in [0, 0.1) is 5.92 Å². The quantitative estimate of drug-likeness (QED) is 0.685. The molecule has 0 radical (unpaired) electrons. The molecule has 1 atom stereocenters. The number of piperidine rings is 1. The number of nitrogens with one attached hydrogen (secondary N) is 2. The van der Waals surface area contributed by atoms with Gasteiger partial charge in [-0.1, -0.05) is 6.92 Å². The van der Waals surface area contributed by atoms with E-state index >= 15 is 0 Å². The average Bonchev–Trinajstić information content (AvgIpc) is 2.61. The smallest absolute Gasteiger partial charge is 0.337 e. The first-order valence-corrected chi connectivity index (χ1v) is 8.77. The molecule has 140 valence electrons. The second-order valence-corrected chi connectivity index (χ2v) is 6.25. The molecular weight excluding hydrogens is 326 g/mol. The van der Waals surface area contributed by atoms with Gasteiger partial charge in [-0.2, -0.15) is 0 Å². The van der Waals surface area contributed by atoms with E-state index in [1.165, 1.54) is 7.11 Å². The molecule has 0 spiro atoms. The highest BCUT2D eigenvalue weighted by Gasteiger charge is 2.33. The van der Waals surface area contributed by atoms with Gasteiger partial charge in [0, 0.05) is 12.2 Å². The van der Waals surface area contributed by atoms with Crippen molar-refractivity contribution in [1.82, 2.24) is 15.5 Å². The fourth-order valence-electron chi connectivity index (χ4n) is 3.30. The molecule has 1 fully saturated rings. The Morgan fingerprint density at radius 3 is 2.48 bits per heavy atom. The summed E-state index contributed by atoms with van der Waals surface area (Å²) < 4.78 is 9.96. The maximum Gasteiger partial charge on any atom is 0.337 e. The largest absolute Gasteiger partial charge is 0.469 e. The molecule has 1 saturated heterocycles. The minimum atomic E-state index is -0.402. The highest BCUT2D eigenvalue weighted by atomic mass is 16.5. The van der Waals surface area contributed by atoms with Crippen molar-refractivity contribution >= 4 is 18.0 Å². The van der Waals surface area contributed by atoms with Gasteiger partial charge >= 0.3 is 18.0 Å². The number of hydrogen-bond acceptors (Lipinski definition) is 6. The van der Waals surface area contributed by atoms with Crippen molar-refractivity contribution in [3.05, 3.63) is 11.3 Å².